The largest absolute Gasteiger partial charge is 0.376 e. The number of rotatable bonds is 5. The zero-order valence-electron chi connectivity index (χ0n) is 12.1. The quantitative estimate of drug-likeness (QED) is 0.918. The Kier molecular flexibility index (Phi) is 4.61. The Labute approximate surface area is 127 Å². The minimum Gasteiger partial charge on any atom is -0.376 e. The van der Waals surface area contributed by atoms with Crippen LogP contribution >= 0.6 is 11.6 Å². The van der Waals surface area contributed by atoms with Gasteiger partial charge in [0.2, 0.25) is 0 Å². The molecule has 0 bridgehead atoms. The molecule has 1 heterocycles. The minimum absolute atomic E-state index is 0.0351. The van der Waals surface area contributed by atoms with E-state index < -0.39 is 11.4 Å². The van der Waals surface area contributed by atoms with Gasteiger partial charge in [0.1, 0.15) is 11.4 Å². The van der Waals surface area contributed by atoms with Crippen molar-refractivity contribution in [2.24, 2.45) is 5.73 Å². The number of hydrogen-bond donors (Lipinski definition) is 1. The summed E-state index contributed by atoms with van der Waals surface area (Å²) in [6.45, 7) is 5.76. The smallest absolute Gasteiger partial charge is 0.260 e. The summed E-state index contributed by atoms with van der Waals surface area (Å²) in [5.74, 6) is -0.220. The summed E-state index contributed by atoms with van der Waals surface area (Å²) < 4.78 is 24.4. The first-order valence-electron chi connectivity index (χ1n) is 6.49. The number of nitrogens with two attached hydrogens (primary N) is 1. The second kappa shape index (κ2) is 6.09. The molecular weight excluding hydrogens is 297 g/mol. The Bertz CT molecular complexity index is 628. The van der Waals surface area contributed by atoms with Crippen LogP contribution in [0.5, 0.6) is 0 Å². The van der Waals surface area contributed by atoms with Crippen LogP contribution in [0.2, 0.25) is 5.02 Å². The summed E-state index contributed by atoms with van der Waals surface area (Å²) in [5.41, 5.74) is 5.37. The number of halogens is 2. The monoisotopic (exact) mass is 313 g/mol. The highest BCUT2D eigenvalue weighted by molar-refractivity contribution is 6.30. The fourth-order valence-corrected chi connectivity index (χ4v) is 1.79. The Balaban J connectivity index is 2.25. The van der Waals surface area contributed by atoms with Gasteiger partial charge < -0.3 is 15.0 Å². The molecular formula is C14H17ClFN3O2. The second-order valence-electron chi connectivity index (χ2n) is 5.32. The first kappa shape index (κ1) is 15.9. The lowest BCUT2D eigenvalue weighted by Crippen LogP contribution is -2.40. The van der Waals surface area contributed by atoms with Gasteiger partial charge in [0.15, 0.2) is 5.82 Å². The molecule has 0 saturated heterocycles. The fraction of sp³-hybridized carbons (Fsp3) is 0.429. The lowest BCUT2D eigenvalue weighted by molar-refractivity contribution is 0.0410. The summed E-state index contributed by atoms with van der Waals surface area (Å²) in [4.78, 5) is 4.15. The van der Waals surface area contributed by atoms with Crippen LogP contribution in [0, 0.1) is 5.82 Å². The van der Waals surface area contributed by atoms with Crippen LogP contribution in [0.4, 0.5) is 4.39 Å². The first-order valence-corrected chi connectivity index (χ1v) is 6.87. The molecule has 2 rings (SSSR count). The van der Waals surface area contributed by atoms with Crippen molar-refractivity contribution in [3.63, 3.8) is 0 Å². The van der Waals surface area contributed by atoms with E-state index in [9.17, 15) is 4.39 Å². The third-order valence-electron chi connectivity index (χ3n) is 2.81. The highest BCUT2D eigenvalue weighted by Crippen LogP contribution is 2.26. The van der Waals surface area contributed by atoms with Crippen LogP contribution in [0.1, 0.15) is 26.6 Å². The van der Waals surface area contributed by atoms with Crippen LogP contribution in [-0.4, -0.2) is 22.9 Å². The fourth-order valence-electron chi connectivity index (χ4n) is 1.63. The van der Waals surface area contributed by atoms with Gasteiger partial charge in [-0.2, -0.15) is 4.98 Å². The maximum atomic E-state index is 13.8. The van der Waals surface area contributed by atoms with Crippen molar-refractivity contribution in [3.8, 4) is 11.5 Å². The van der Waals surface area contributed by atoms with E-state index in [1.165, 1.54) is 12.1 Å². The number of hydrogen-bond acceptors (Lipinski definition) is 5. The van der Waals surface area contributed by atoms with Gasteiger partial charge in [0, 0.05) is 5.02 Å². The Morgan fingerprint density at radius 2 is 2.19 bits per heavy atom. The number of aromatic nitrogens is 2. The number of ether oxygens (including phenoxy) is 1. The molecule has 1 aromatic heterocycles. The molecule has 5 nitrogen and oxygen atoms in total. The van der Waals surface area contributed by atoms with Gasteiger partial charge in [-0.15, -0.1) is 0 Å². The van der Waals surface area contributed by atoms with E-state index in [1.807, 2.05) is 13.8 Å². The number of nitrogens with zero attached hydrogens (tertiary/aromatic N) is 2. The highest BCUT2D eigenvalue weighted by Gasteiger charge is 2.29. The van der Waals surface area contributed by atoms with E-state index in [1.54, 1.807) is 13.0 Å². The first-order chi connectivity index (χ1) is 9.79. The van der Waals surface area contributed by atoms with Gasteiger partial charge in [-0.1, -0.05) is 16.8 Å². The van der Waals surface area contributed by atoms with Crippen LogP contribution in [0.15, 0.2) is 22.7 Å². The van der Waals surface area contributed by atoms with E-state index >= 15 is 0 Å². The summed E-state index contributed by atoms with van der Waals surface area (Å²) in [7, 11) is 0. The van der Waals surface area contributed by atoms with Crippen LogP contribution in [-0.2, 0) is 10.3 Å². The predicted molar refractivity (Wildman–Crippen MR) is 77.3 cm³/mol. The number of benzene rings is 1. The van der Waals surface area contributed by atoms with Gasteiger partial charge in [0.25, 0.3) is 5.89 Å². The summed E-state index contributed by atoms with van der Waals surface area (Å²) in [5, 5.41) is 4.11. The minimum atomic E-state index is -0.922. The maximum absolute atomic E-state index is 13.8. The molecule has 0 radical (unpaired) electrons. The van der Waals surface area contributed by atoms with Gasteiger partial charge >= 0.3 is 0 Å². The molecule has 1 aromatic carbocycles. The molecule has 2 N–H and O–H groups in total. The van der Waals surface area contributed by atoms with E-state index in [2.05, 4.69) is 10.1 Å². The van der Waals surface area contributed by atoms with E-state index in [-0.39, 0.29) is 30.0 Å². The van der Waals surface area contributed by atoms with Gasteiger partial charge in [-0.25, -0.2) is 4.39 Å². The van der Waals surface area contributed by atoms with E-state index in [0.29, 0.717) is 5.02 Å². The zero-order valence-corrected chi connectivity index (χ0v) is 12.8. The normalized spacial score (nSPS) is 14.4. The topological polar surface area (TPSA) is 74.2 Å². The van der Waals surface area contributed by atoms with Crippen molar-refractivity contribution in [1.29, 1.82) is 0 Å². The third kappa shape index (κ3) is 3.78. The molecule has 0 fully saturated rings. The van der Waals surface area contributed by atoms with E-state index in [4.69, 9.17) is 26.6 Å². The molecule has 114 valence electrons. The van der Waals surface area contributed by atoms with Gasteiger partial charge in [-0.3, -0.25) is 0 Å². The molecule has 7 heteroatoms. The molecule has 0 saturated carbocycles. The van der Waals surface area contributed by atoms with Crippen molar-refractivity contribution in [1.82, 2.24) is 10.1 Å². The lowest BCUT2D eigenvalue weighted by Gasteiger charge is -2.21. The maximum Gasteiger partial charge on any atom is 0.260 e. The molecule has 21 heavy (non-hydrogen) atoms. The van der Waals surface area contributed by atoms with Crippen molar-refractivity contribution >= 4 is 11.6 Å². The Hall–Kier alpha value is -1.50. The van der Waals surface area contributed by atoms with Crippen molar-refractivity contribution < 1.29 is 13.7 Å². The standard InChI is InChI=1S/C14H17ClFN3O2/c1-8(2)20-7-14(3,17)13-18-12(21-19-13)10-5-4-9(15)6-11(10)16/h4-6,8H,7,17H2,1-3H3. The SMILES string of the molecule is CC(C)OCC(C)(N)c1noc(-c2ccc(Cl)cc2F)n1. The molecule has 2 aromatic rings. The van der Waals surface area contributed by atoms with Crippen LogP contribution in [0.25, 0.3) is 11.5 Å². The lowest BCUT2D eigenvalue weighted by atomic mass is 10.1. The van der Waals surface area contributed by atoms with E-state index in [0.717, 1.165) is 0 Å². The molecule has 0 aliphatic heterocycles. The average molecular weight is 314 g/mol. The molecule has 0 spiro atoms. The molecule has 0 amide bonds. The Morgan fingerprint density at radius 3 is 2.81 bits per heavy atom. The van der Waals surface area contributed by atoms with Crippen molar-refractivity contribution in [2.75, 3.05) is 6.61 Å². The Morgan fingerprint density at radius 1 is 1.48 bits per heavy atom. The molecule has 0 aliphatic carbocycles. The third-order valence-corrected chi connectivity index (χ3v) is 3.05. The highest BCUT2D eigenvalue weighted by atomic mass is 35.5. The zero-order chi connectivity index (χ0) is 15.6. The molecule has 1 unspecified atom stereocenters. The van der Waals surface area contributed by atoms with Gasteiger partial charge in [-0.05, 0) is 39.0 Å². The summed E-state index contributed by atoms with van der Waals surface area (Å²) in [6.07, 6.45) is 0.0351. The van der Waals surface area contributed by atoms with Crippen molar-refractivity contribution in [3.05, 3.63) is 34.9 Å². The predicted octanol–water partition coefficient (Wildman–Crippen LogP) is 3.13. The van der Waals surface area contributed by atoms with Crippen LogP contribution < -0.4 is 5.73 Å². The molecule has 0 aliphatic rings. The molecule has 1 atom stereocenters. The van der Waals surface area contributed by atoms with Gasteiger partial charge in [0.05, 0.1) is 18.3 Å². The second-order valence-corrected chi connectivity index (χ2v) is 5.76. The summed E-state index contributed by atoms with van der Waals surface area (Å²) in [6, 6.07) is 4.21. The summed E-state index contributed by atoms with van der Waals surface area (Å²) >= 11 is 5.71. The average Bonchev–Trinajstić information content (AvgIpc) is 2.86. The van der Waals surface area contributed by atoms with Crippen molar-refractivity contribution in [2.45, 2.75) is 32.4 Å². The van der Waals surface area contributed by atoms with Crippen LogP contribution in [0.3, 0.4) is 0 Å².